The molecule has 5 rings (SSSR count). The molecule has 1 aromatic carbocycles. The van der Waals surface area contributed by atoms with Crippen LogP contribution in [-0.2, 0) is 15.7 Å². The summed E-state index contributed by atoms with van der Waals surface area (Å²) in [5.41, 5.74) is 0.978. The van der Waals surface area contributed by atoms with Gasteiger partial charge in [0.2, 0.25) is 5.91 Å². The molecule has 3 fully saturated rings. The third-order valence-corrected chi connectivity index (χ3v) is 9.37. The Morgan fingerprint density at radius 1 is 1.15 bits per heavy atom. The number of nitrogens with zero attached hydrogens (tertiary/aromatic N) is 2. The van der Waals surface area contributed by atoms with E-state index in [0.29, 0.717) is 24.4 Å². The minimum absolute atomic E-state index is 0.0555. The second-order valence-corrected chi connectivity index (χ2v) is 12.1. The van der Waals surface area contributed by atoms with E-state index in [4.69, 9.17) is 0 Å². The van der Waals surface area contributed by atoms with Gasteiger partial charge in [0.1, 0.15) is 0 Å². The smallest absolute Gasteiger partial charge is 0.350 e. The number of carbonyl (C=O) groups excluding carboxylic acids is 2. The first-order chi connectivity index (χ1) is 18.6. The van der Waals surface area contributed by atoms with Crippen molar-refractivity contribution >= 4 is 23.9 Å². The lowest BCUT2D eigenvalue weighted by molar-refractivity contribution is -0.137. The maximum absolute atomic E-state index is 12.9. The number of benzene rings is 1. The predicted octanol–water partition coefficient (Wildman–Crippen LogP) is 4.62. The maximum Gasteiger partial charge on any atom is 0.416 e. The number of pyridine rings is 1. The molecule has 2 heterocycles. The second-order valence-electron chi connectivity index (χ2n) is 11.1. The summed E-state index contributed by atoms with van der Waals surface area (Å²) in [7, 11) is 0. The zero-order valence-corrected chi connectivity index (χ0v) is 22.5. The zero-order valence-electron chi connectivity index (χ0n) is 21.7. The van der Waals surface area contributed by atoms with Gasteiger partial charge in [-0.25, -0.2) is 0 Å². The molecule has 2 bridgehead atoms. The second kappa shape index (κ2) is 11.1. The van der Waals surface area contributed by atoms with Crippen LogP contribution in [0.1, 0.15) is 59.3 Å². The summed E-state index contributed by atoms with van der Waals surface area (Å²) in [4.78, 5) is 31.9. The van der Waals surface area contributed by atoms with Gasteiger partial charge in [-0.05, 0) is 80.7 Å². The van der Waals surface area contributed by atoms with Crippen LogP contribution in [0.3, 0.4) is 0 Å². The Morgan fingerprint density at radius 3 is 2.54 bits per heavy atom. The van der Waals surface area contributed by atoms with Gasteiger partial charge in [-0.2, -0.15) is 13.2 Å². The minimum atomic E-state index is -4.55. The van der Waals surface area contributed by atoms with Crippen LogP contribution in [0, 0.1) is 18.8 Å². The number of aryl methyl sites for hydroxylation is 1. The van der Waals surface area contributed by atoms with Gasteiger partial charge in [0.25, 0.3) is 5.91 Å². The largest absolute Gasteiger partial charge is 0.416 e. The standard InChI is InChI=1S/C28H33F3N4O3S/c1-17-5-8-23(32-14-17)27(39-38)12-19-6-7-20(13-27)25(19)35-10-9-22(16-35)34-24(36)15-33-26(37)18-3-2-4-21(11-18)28(29,30)31/h2-5,8,11,14,19-20,22,25,38H,6-7,9-10,12-13,15-16H2,1H3,(H,33,37)(H,34,36)/t19?,20?,22-,25?,27?/m1/s1. The number of fused-ring (bicyclic) bond motifs is 2. The number of aromatic nitrogens is 1. The van der Waals surface area contributed by atoms with Crippen molar-refractivity contribution in [1.82, 2.24) is 20.5 Å². The molecule has 2 aliphatic carbocycles. The van der Waals surface area contributed by atoms with Crippen molar-refractivity contribution in [3.05, 3.63) is 65.0 Å². The van der Waals surface area contributed by atoms with E-state index in [1.54, 1.807) is 0 Å². The SMILES string of the molecule is Cc1ccc(C2(SO)CC3CCC(C2)C3N2CC[C@@H](NC(=O)CNC(=O)c3cccc(C(F)(F)F)c3)C2)nc1. The number of likely N-dealkylation sites (tertiary alicyclic amines) is 1. The van der Waals surface area contributed by atoms with E-state index in [9.17, 15) is 27.3 Å². The fraction of sp³-hybridized carbons (Fsp3) is 0.536. The molecule has 1 saturated heterocycles. The quantitative estimate of drug-likeness (QED) is 0.427. The number of nitrogens with one attached hydrogen (secondary N) is 2. The van der Waals surface area contributed by atoms with Crippen molar-refractivity contribution in [2.75, 3.05) is 19.6 Å². The highest BCUT2D eigenvalue weighted by molar-refractivity contribution is 7.94. The lowest BCUT2D eigenvalue weighted by Gasteiger charge is -2.45. The Bertz CT molecular complexity index is 1200. The van der Waals surface area contributed by atoms with Crippen LogP contribution in [0.5, 0.6) is 0 Å². The molecule has 2 saturated carbocycles. The van der Waals surface area contributed by atoms with E-state index in [1.807, 2.05) is 25.3 Å². The zero-order chi connectivity index (χ0) is 27.8. The highest BCUT2D eigenvalue weighted by Gasteiger charge is 2.54. The summed E-state index contributed by atoms with van der Waals surface area (Å²) in [6, 6.07) is 8.56. The fourth-order valence-corrected chi connectivity index (χ4v) is 7.54. The molecule has 0 radical (unpaired) electrons. The molecule has 0 spiro atoms. The molecule has 3 atom stereocenters. The Labute approximate surface area is 230 Å². The third kappa shape index (κ3) is 5.95. The number of hydrogen-bond donors (Lipinski definition) is 3. The Hall–Kier alpha value is -2.63. The lowest BCUT2D eigenvalue weighted by Crippen LogP contribution is -2.49. The first-order valence-corrected chi connectivity index (χ1v) is 14.1. The molecule has 2 aromatic rings. The molecule has 2 unspecified atom stereocenters. The summed E-state index contributed by atoms with van der Waals surface area (Å²) < 4.78 is 48.8. The monoisotopic (exact) mass is 562 g/mol. The number of amides is 2. The van der Waals surface area contributed by atoms with Crippen molar-refractivity contribution in [2.24, 2.45) is 11.8 Å². The van der Waals surface area contributed by atoms with Crippen LogP contribution in [0.2, 0.25) is 0 Å². The van der Waals surface area contributed by atoms with Crippen LogP contribution >= 0.6 is 12.0 Å². The van der Waals surface area contributed by atoms with Crippen molar-refractivity contribution < 1.29 is 27.3 Å². The van der Waals surface area contributed by atoms with Crippen molar-refractivity contribution in [3.8, 4) is 0 Å². The summed E-state index contributed by atoms with van der Waals surface area (Å²) in [5.74, 6) is -0.216. The van der Waals surface area contributed by atoms with E-state index in [1.165, 1.54) is 12.1 Å². The number of carbonyl (C=O) groups is 2. The van der Waals surface area contributed by atoms with E-state index >= 15 is 0 Å². The highest BCUT2D eigenvalue weighted by atomic mass is 32.2. The van der Waals surface area contributed by atoms with E-state index in [2.05, 4.69) is 20.5 Å². The van der Waals surface area contributed by atoms with Crippen LogP contribution in [0.25, 0.3) is 0 Å². The first kappa shape index (κ1) is 27.9. The molecule has 2 amide bonds. The molecule has 210 valence electrons. The van der Waals surface area contributed by atoms with Crippen molar-refractivity contribution in [1.29, 1.82) is 0 Å². The predicted molar refractivity (Wildman–Crippen MR) is 142 cm³/mol. The van der Waals surface area contributed by atoms with Gasteiger partial charge in [-0.3, -0.25) is 19.5 Å². The topological polar surface area (TPSA) is 94.6 Å². The van der Waals surface area contributed by atoms with Crippen LogP contribution in [0.15, 0.2) is 42.6 Å². The summed E-state index contributed by atoms with van der Waals surface area (Å²) in [6.45, 7) is 3.28. The van der Waals surface area contributed by atoms with Gasteiger partial charge >= 0.3 is 6.18 Å². The van der Waals surface area contributed by atoms with E-state index in [-0.39, 0.29) is 28.8 Å². The van der Waals surface area contributed by atoms with E-state index < -0.39 is 17.6 Å². The van der Waals surface area contributed by atoms with Gasteiger partial charge in [-0.1, -0.05) is 12.1 Å². The number of rotatable bonds is 7. The van der Waals surface area contributed by atoms with Gasteiger partial charge in [-0.15, -0.1) is 0 Å². The normalized spacial score (nSPS) is 28.8. The summed E-state index contributed by atoms with van der Waals surface area (Å²) in [6.07, 6.45) is 2.05. The molecular weight excluding hydrogens is 529 g/mol. The van der Waals surface area contributed by atoms with Crippen molar-refractivity contribution in [3.63, 3.8) is 0 Å². The first-order valence-electron chi connectivity index (χ1n) is 13.3. The molecule has 1 aliphatic heterocycles. The Kier molecular flexibility index (Phi) is 7.94. The minimum Gasteiger partial charge on any atom is -0.350 e. The number of hydrogen-bond acceptors (Lipinski definition) is 6. The number of alkyl halides is 3. The highest BCUT2D eigenvalue weighted by Crippen LogP contribution is 2.57. The molecule has 1 aromatic heterocycles. The van der Waals surface area contributed by atoms with Gasteiger partial charge < -0.3 is 15.2 Å². The molecule has 3 N–H and O–H groups in total. The molecule has 39 heavy (non-hydrogen) atoms. The summed E-state index contributed by atoms with van der Waals surface area (Å²) in [5, 5.41) is 5.39. The third-order valence-electron chi connectivity index (χ3n) is 8.48. The Balaban J connectivity index is 1.13. The summed E-state index contributed by atoms with van der Waals surface area (Å²) >= 11 is 0.933. The molecular formula is C28H33F3N4O3S. The Morgan fingerprint density at radius 2 is 1.90 bits per heavy atom. The average molecular weight is 563 g/mol. The maximum atomic E-state index is 12.9. The molecule has 3 aliphatic rings. The average Bonchev–Trinajstić information content (AvgIpc) is 3.48. The van der Waals surface area contributed by atoms with Crippen LogP contribution in [-0.4, -0.2) is 58.0 Å². The van der Waals surface area contributed by atoms with Crippen LogP contribution in [0.4, 0.5) is 13.2 Å². The van der Waals surface area contributed by atoms with Crippen LogP contribution < -0.4 is 10.6 Å². The fourth-order valence-electron chi connectivity index (χ4n) is 6.75. The van der Waals surface area contributed by atoms with Gasteiger partial charge in [0, 0.05) is 49.0 Å². The van der Waals surface area contributed by atoms with Gasteiger partial charge in [0.05, 0.1) is 22.5 Å². The van der Waals surface area contributed by atoms with E-state index in [0.717, 1.165) is 74.1 Å². The lowest BCUT2D eigenvalue weighted by atomic mass is 9.74. The number of halogens is 3. The molecule has 11 heteroatoms. The van der Waals surface area contributed by atoms with Gasteiger partial charge in [0.15, 0.2) is 0 Å². The molecule has 7 nitrogen and oxygen atoms in total. The van der Waals surface area contributed by atoms with Crippen molar-refractivity contribution in [2.45, 2.75) is 62.0 Å².